The van der Waals surface area contributed by atoms with Gasteiger partial charge in [0.15, 0.2) is 0 Å². The Hall–Kier alpha value is -2.83. The number of rotatable bonds is 7. The van der Waals surface area contributed by atoms with Crippen LogP contribution in [0.4, 0.5) is 0 Å². The van der Waals surface area contributed by atoms with Gasteiger partial charge in [-0.2, -0.15) is 0 Å². The van der Waals surface area contributed by atoms with E-state index in [4.69, 9.17) is 19.3 Å². The van der Waals surface area contributed by atoms with Crippen LogP contribution in [0.5, 0.6) is 11.5 Å². The van der Waals surface area contributed by atoms with Crippen molar-refractivity contribution in [3.63, 3.8) is 0 Å². The van der Waals surface area contributed by atoms with Crippen molar-refractivity contribution in [3.8, 4) is 11.5 Å². The maximum absolute atomic E-state index is 12.4. The minimum absolute atomic E-state index is 0.239. The molecule has 0 saturated heterocycles. The van der Waals surface area contributed by atoms with Crippen LogP contribution in [-0.4, -0.2) is 29.8 Å². The maximum Gasteiger partial charge on any atom is 0.333 e. The van der Waals surface area contributed by atoms with Gasteiger partial charge < -0.3 is 19.3 Å². The lowest BCUT2D eigenvalue weighted by atomic mass is 9.82. The van der Waals surface area contributed by atoms with Crippen molar-refractivity contribution in [1.82, 2.24) is 0 Å². The fourth-order valence-electron chi connectivity index (χ4n) is 3.02. The monoisotopic (exact) mass is 376 g/mol. The summed E-state index contributed by atoms with van der Waals surface area (Å²) in [6.07, 6.45) is 3.06. The van der Waals surface area contributed by atoms with E-state index >= 15 is 0 Å². The lowest BCUT2D eigenvalue weighted by Crippen LogP contribution is -2.28. The summed E-state index contributed by atoms with van der Waals surface area (Å²) in [6, 6.07) is 3.28. The molecule has 0 amide bonds. The first-order valence-corrected chi connectivity index (χ1v) is 8.80. The summed E-state index contributed by atoms with van der Waals surface area (Å²) >= 11 is 0. The number of carboxylic acids is 1. The van der Waals surface area contributed by atoms with Crippen LogP contribution in [0.1, 0.15) is 36.8 Å². The van der Waals surface area contributed by atoms with Crippen LogP contribution in [0.3, 0.4) is 0 Å². The van der Waals surface area contributed by atoms with Gasteiger partial charge in [-0.15, -0.1) is 0 Å². The highest BCUT2D eigenvalue weighted by atomic mass is 16.7. The zero-order valence-corrected chi connectivity index (χ0v) is 15.5. The van der Waals surface area contributed by atoms with Gasteiger partial charge in [-0.1, -0.05) is 6.58 Å². The van der Waals surface area contributed by atoms with Gasteiger partial charge in [0.05, 0.1) is 11.8 Å². The number of esters is 2. The van der Waals surface area contributed by atoms with Crippen molar-refractivity contribution in [1.29, 1.82) is 0 Å². The van der Waals surface area contributed by atoms with Gasteiger partial charge in [-0.3, -0.25) is 9.59 Å². The molecule has 0 unspecified atom stereocenters. The molecule has 1 aliphatic rings. The second kappa shape index (κ2) is 9.21. The molecule has 0 atom stereocenters. The second-order valence-electron chi connectivity index (χ2n) is 6.55. The van der Waals surface area contributed by atoms with Crippen molar-refractivity contribution >= 4 is 17.9 Å². The topological polar surface area (TPSA) is 99.1 Å². The van der Waals surface area contributed by atoms with Crippen LogP contribution in [0.2, 0.25) is 0 Å². The Kier molecular flexibility index (Phi) is 6.98. The number of carbonyl (C=O) groups is 3. The SMILES string of the molecule is C=CC(=O)OCOc1ccc(OC(=O)C2CCC(C(=O)O)CC2)c(C)c1C. The van der Waals surface area contributed by atoms with Gasteiger partial charge in [0.25, 0.3) is 0 Å². The van der Waals surface area contributed by atoms with Gasteiger partial charge in [0.2, 0.25) is 6.79 Å². The van der Waals surface area contributed by atoms with E-state index in [1.165, 1.54) is 0 Å². The normalized spacial score (nSPS) is 19.0. The minimum Gasteiger partial charge on any atom is -0.481 e. The van der Waals surface area contributed by atoms with E-state index < -0.39 is 11.9 Å². The second-order valence-corrected chi connectivity index (χ2v) is 6.55. The first-order chi connectivity index (χ1) is 12.8. The van der Waals surface area contributed by atoms with Crippen molar-refractivity contribution in [2.24, 2.45) is 11.8 Å². The summed E-state index contributed by atoms with van der Waals surface area (Å²) in [5.74, 6) is -1.41. The summed E-state index contributed by atoms with van der Waals surface area (Å²) < 4.78 is 15.7. The van der Waals surface area contributed by atoms with E-state index in [0.717, 1.165) is 17.2 Å². The predicted octanol–water partition coefficient (Wildman–Crippen LogP) is 3.17. The van der Waals surface area contributed by atoms with E-state index in [9.17, 15) is 14.4 Å². The number of ether oxygens (including phenoxy) is 3. The molecule has 0 aromatic heterocycles. The van der Waals surface area contributed by atoms with Crippen molar-refractivity contribution in [2.75, 3.05) is 6.79 Å². The first kappa shape index (κ1) is 20.5. The molecule has 0 bridgehead atoms. The fraction of sp³-hybridized carbons (Fsp3) is 0.450. The molecule has 7 heteroatoms. The summed E-state index contributed by atoms with van der Waals surface area (Å²) in [7, 11) is 0. The molecule has 1 aromatic rings. The number of hydrogen-bond acceptors (Lipinski definition) is 6. The average Bonchev–Trinajstić information content (AvgIpc) is 2.67. The van der Waals surface area contributed by atoms with Gasteiger partial charge in [-0.25, -0.2) is 4.79 Å². The van der Waals surface area contributed by atoms with E-state index in [-0.39, 0.29) is 24.6 Å². The quantitative estimate of drug-likeness (QED) is 0.338. The minimum atomic E-state index is -0.803. The van der Waals surface area contributed by atoms with Gasteiger partial charge in [0, 0.05) is 6.08 Å². The van der Waals surface area contributed by atoms with E-state index in [1.54, 1.807) is 12.1 Å². The van der Waals surface area contributed by atoms with Crippen LogP contribution >= 0.6 is 0 Å². The smallest absolute Gasteiger partial charge is 0.333 e. The number of hydrogen-bond donors (Lipinski definition) is 1. The number of benzene rings is 1. The van der Waals surface area contributed by atoms with Crippen LogP contribution in [0.15, 0.2) is 24.8 Å². The molecular weight excluding hydrogens is 352 g/mol. The third-order valence-corrected chi connectivity index (χ3v) is 4.89. The molecule has 1 aliphatic carbocycles. The Morgan fingerprint density at radius 2 is 1.63 bits per heavy atom. The maximum atomic E-state index is 12.4. The van der Waals surface area contributed by atoms with Gasteiger partial charge in [0.1, 0.15) is 11.5 Å². The van der Waals surface area contributed by atoms with E-state index in [2.05, 4.69) is 6.58 Å². The highest BCUT2D eigenvalue weighted by Crippen LogP contribution is 2.33. The molecule has 0 heterocycles. The highest BCUT2D eigenvalue weighted by molar-refractivity contribution is 5.81. The summed E-state index contributed by atoms with van der Waals surface area (Å²) in [6.45, 7) is 6.68. The molecule has 2 rings (SSSR count). The first-order valence-electron chi connectivity index (χ1n) is 8.80. The number of aliphatic carboxylic acids is 1. The molecule has 0 spiro atoms. The van der Waals surface area contributed by atoms with Gasteiger partial charge in [-0.05, 0) is 62.8 Å². The van der Waals surface area contributed by atoms with Gasteiger partial charge >= 0.3 is 17.9 Å². The Labute approximate surface area is 157 Å². The van der Waals surface area contributed by atoms with Crippen molar-refractivity contribution in [3.05, 3.63) is 35.9 Å². The zero-order chi connectivity index (χ0) is 20.0. The Morgan fingerprint density at radius 1 is 1.07 bits per heavy atom. The molecule has 1 fully saturated rings. The van der Waals surface area contributed by atoms with Crippen molar-refractivity contribution in [2.45, 2.75) is 39.5 Å². The molecule has 1 aromatic carbocycles. The summed E-state index contributed by atoms with van der Waals surface area (Å²) in [5.41, 5.74) is 1.51. The Balaban J connectivity index is 1.95. The van der Waals surface area contributed by atoms with Crippen LogP contribution in [0, 0.1) is 25.7 Å². The molecule has 7 nitrogen and oxygen atoms in total. The van der Waals surface area contributed by atoms with Crippen LogP contribution in [-0.2, 0) is 19.1 Å². The number of carbonyl (C=O) groups excluding carboxylic acids is 2. The van der Waals surface area contributed by atoms with Crippen LogP contribution < -0.4 is 9.47 Å². The lowest BCUT2D eigenvalue weighted by molar-refractivity contribution is -0.146. The molecule has 0 aliphatic heterocycles. The van der Waals surface area contributed by atoms with Crippen LogP contribution in [0.25, 0.3) is 0 Å². The standard InChI is InChI=1S/C20H24O7/c1-4-18(21)26-11-25-16-9-10-17(13(3)12(16)2)27-20(24)15-7-5-14(6-8-15)19(22)23/h4,9-10,14-15H,1,5-8,11H2,2-3H3,(H,22,23). The fourth-order valence-corrected chi connectivity index (χ4v) is 3.02. The van der Waals surface area contributed by atoms with Crippen molar-refractivity contribution < 1.29 is 33.7 Å². The molecule has 146 valence electrons. The summed E-state index contributed by atoms with van der Waals surface area (Å²) in [5, 5.41) is 9.04. The predicted molar refractivity (Wildman–Crippen MR) is 96.4 cm³/mol. The molecular formula is C20H24O7. The summed E-state index contributed by atoms with van der Waals surface area (Å²) in [4.78, 5) is 34.4. The Morgan fingerprint density at radius 3 is 2.22 bits per heavy atom. The third-order valence-electron chi connectivity index (χ3n) is 4.89. The molecule has 1 saturated carbocycles. The highest BCUT2D eigenvalue weighted by Gasteiger charge is 2.31. The average molecular weight is 376 g/mol. The Bertz CT molecular complexity index is 730. The number of carboxylic acid groups (broad SMARTS) is 1. The molecule has 0 radical (unpaired) electrons. The third kappa shape index (κ3) is 5.32. The lowest BCUT2D eigenvalue weighted by Gasteiger charge is -2.25. The largest absolute Gasteiger partial charge is 0.481 e. The molecule has 1 N–H and O–H groups in total. The van der Waals surface area contributed by atoms with E-state index in [1.807, 2.05) is 13.8 Å². The van der Waals surface area contributed by atoms with E-state index in [0.29, 0.717) is 37.2 Å². The zero-order valence-electron chi connectivity index (χ0n) is 15.5. The molecule has 27 heavy (non-hydrogen) atoms.